The lowest BCUT2D eigenvalue weighted by molar-refractivity contribution is -0.116. The summed E-state index contributed by atoms with van der Waals surface area (Å²) >= 11 is 0. The number of aromatic nitrogens is 2. The van der Waals surface area contributed by atoms with Crippen LogP contribution >= 0.6 is 0 Å². The van der Waals surface area contributed by atoms with E-state index in [4.69, 9.17) is 14.6 Å². The number of amides is 1. The van der Waals surface area contributed by atoms with Crippen LogP contribution in [0.5, 0.6) is 11.5 Å². The van der Waals surface area contributed by atoms with E-state index in [0.29, 0.717) is 23.7 Å². The van der Waals surface area contributed by atoms with Gasteiger partial charge in [0.05, 0.1) is 25.6 Å². The summed E-state index contributed by atoms with van der Waals surface area (Å²) in [5, 5.41) is 8.09. The van der Waals surface area contributed by atoms with Gasteiger partial charge in [-0.2, -0.15) is 5.10 Å². The largest absolute Gasteiger partial charge is 0.497 e. The minimum atomic E-state index is -0.219. The Labute approximate surface area is 192 Å². The van der Waals surface area contributed by atoms with Crippen molar-refractivity contribution in [1.29, 1.82) is 0 Å². The van der Waals surface area contributed by atoms with E-state index in [9.17, 15) is 4.79 Å². The monoisotopic (exact) mass is 439 g/mol. The van der Waals surface area contributed by atoms with Crippen LogP contribution < -0.4 is 14.8 Å². The first kappa shape index (κ1) is 20.8. The standard InChI is InChI=1S/C27H25N3O3/c1-17-9-11-19(12-10-17)30-27-25(26(29-30)18-7-5-4-6-8-18)22(16-24(31)28-27)21-14-13-20(32-2)15-23(21)33-3/h4-15,22H,16H2,1-3H3,(H,28,31)/t22-/m1/s1. The van der Waals surface area contributed by atoms with Crippen LogP contribution in [0.1, 0.15) is 29.0 Å². The van der Waals surface area contributed by atoms with Gasteiger partial charge in [0.2, 0.25) is 5.91 Å². The van der Waals surface area contributed by atoms with Crippen LogP contribution in [-0.2, 0) is 4.79 Å². The van der Waals surface area contributed by atoms with Crippen molar-refractivity contribution in [2.24, 2.45) is 0 Å². The summed E-state index contributed by atoms with van der Waals surface area (Å²) in [5.41, 5.74) is 5.79. The highest BCUT2D eigenvalue weighted by Gasteiger charge is 2.35. The van der Waals surface area contributed by atoms with Gasteiger partial charge in [-0.05, 0) is 25.1 Å². The number of carbonyl (C=O) groups is 1. The second-order valence-electron chi connectivity index (χ2n) is 8.14. The SMILES string of the molecule is COc1ccc([C@H]2CC(=O)Nc3c2c(-c2ccccc2)nn3-c2ccc(C)cc2)c(OC)c1. The topological polar surface area (TPSA) is 65.4 Å². The van der Waals surface area contributed by atoms with Crippen molar-refractivity contribution in [3.05, 3.63) is 89.5 Å². The van der Waals surface area contributed by atoms with Gasteiger partial charge in [-0.3, -0.25) is 4.79 Å². The number of ether oxygens (including phenoxy) is 2. The lowest BCUT2D eigenvalue weighted by atomic mass is 9.84. The van der Waals surface area contributed by atoms with Crippen molar-refractivity contribution in [2.75, 3.05) is 19.5 Å². The smallest absolute Gasteiger partial charge is 0.226 e. The Bertz CT molecular complexity index is 1310. The Morgan fingerprint density at radius 2 is 1.73 bits per heavy atom. The first-order valence-electron chi connectivity index (χ1n) is 10.9. The van der Waals surface area contributed by atoms with E-state index < -0.39 is 0 Å². The number of rotatable bonds is 5. The van der Waals surface area contributed by atoms with Crippen molar-refractivity contribution >= 4 is 11.7 Å². The van der Waals surface area contributed by atoms with E-state index in [2.05, 4.69) is 5.32 Å². The highest BCUT2D eigenvalue weighted by molar-refractivity contribution is 5.97. The molecule has 0 unspecified atom stereocenters. The molecule has 2 heterocycles. The van der Waals surface area contributed by atoms with E-state index in [1.807, 2.05) is 84.4 Å². The average molecular weight is 440 g/mol. The van der Waals surface area contributed by atoms with Gasteiger partial charge in [0.25, 0.3) is 0 Å². The van der Waals surface area contributed by atoms with Gasteiger partial charge in [-0.15, -0.1) is 0 Å². The van der Waals surface area contributed by atoms with Crippen molar-refractivity contribution in [3.8, 4) is 28.4 Å². The van der Waals surface area contributed by atoms with Crippen LogP contribution in [0.4, 0.5) is 5.82 Å². The van der Waals surface area contributed by atoms with E-state index >= 15 is 0 Å². The van der Waals surface area contributed by atoms with Crippen LogP contribution in [0.25, 0.3) is 16.9 Å². The number of aryl methyl sites for hydroxylation is 1. The number of hydrogen-bond donors (Lipinski definition) is 1. The molecule has 0 fully saturated rings. The summed E-state index contributed by atoms with van der Waals surface area (Å²) in [6.07, 6.45) is 0.301. The van der Waals surface area contributed by atoms with Gasteiger partial charge in [0, 0.05) is 35.1 Å². The molecule has 0 bridgehead atoms. The molecule has 1 N–H and O–H groups in total. The Balaban J connectivity index is 1.76. The maximum Gasteiger partial charge on any atom is 0.226 e. The molecule has 4 aromatic rings. The molecule has 1 aliphatic rings. The maximum atomic E-state index is 12.9. The Kier molecular flexibility index (Phi) is 5.34. The fraction of sp³-hybridized carbons (Fsp3) is 0.185. The predicted molar refractivity (Wildman–Crippen MR) is 128 cm³/mol. The average Bonchev–Trinajstić information content (AvgIpc) is 3.23. The molecule has 1 atom stereocenters. The molecule has 5 rings (SSSR count). The van der Waals surface area contributed by atoms with Crippen molar-refractivity contribution in [2.45, 2.75) is 19.3 Å². The number of anilines is 1. The zero-order chi connectivity index (χ0) is 22.9. The molecule has 0 saturated heterocycles. The Hall–Kier alpha value is -4.06. The Morgan fingerprint density at radius 1 is 0.970 bits per heavy atom. The maximum absolute atomic E-state index is 12.9. The highest BCUT2D eigenvalue weighted by atomic mass is 16.5. The zero-order valence-corrected chi connectivity index (χ0v) is 18.8. The predicted octanol–water partition coefficient (Wildman–Crippen LogP) is 5.34. The minimum absolute atomic E-state index is 0.0572. The Morgan fingerprint density at radius 3 is 2.42 bits per heavy atom. The molecule has 33 heavy (non-hydrogen) atoms. The molecule has 0 spiro atoms. The molecule has 0 aliphatic carbocycles. The third kappa shape index (κ3) is 3.74. The fourth-order valence-corrected chi connectivity index (χ4v) is 4.40. The lowest BCUT2D eigenvalue weighted by Crippen LogP contribution is -2.25. The normalized spacial score (nSPS) is 15.0. The first-order valence-corrected chi connectivity index (χ1v) is 10.9. The van der Waals surface area contributed by atoms with Crippen LogP contribution in [0.3, 0.4) is 0 Å². The molecule has 1 aromatic heterocycles. The molecule has 3 aromatic carbocycles. The number of fused-ring (bicyclic) bond motifs is 1. The molecule has 0 saturated carbocycles. The number of benzene rings is 3. The van der Waals surface area contributed by atoms with Gasteiger partial charge in [0.1, 0.15) is 17.3 Å². The zero-order valence-electron chi connectivity index (χ0n) is 18.8. The van der Waals surface area contributed by atoms with Crippen LogP contribution in [-0.4, -0.2) is 29.9 Å². The molecule has 6 heteroatoms. The summed E-state index contributed by atoms with van der Waals surface area (Å²) in [4.78, 5) is 12.9. The fourth-order valence-electron chi connectivity index (χ4n) is 4.40. The number of carbonyl (C=O) groups excluding carboxylic acids is 1. The highest BCUT2D eigenvalue weighted by Crippen LogP contribution is 2.46. The van der Waals surface area contributed by atoms with Gasteiger partial charge < -0.3 is 14.8 Å². The van der Waals surface area contributed by atoms with Crippen molar-refractivity contribution < 1.29 is 14.3 Å². The summed E-state index contributed by atoms with van der Waals surface area (Å²) < 4.78 is 12.9. The van der Waals surface area contributed by atoms with Crippen LogP contribution in [0.2, 0.25) is 0 Å². The number of nitrogens with one attached hydrogen (secondary N) is 1. The summed E-state index contributed by atoms with van der Waals surface area (Å²) in [6, 6.07) is 23.9. The molecular formula is C27H25N3O3. The van der Waals surface area contributed by atoms with Crippen molar-refractivity contribution in [3.63, 3.8) is 0 Å². The molecule has 1 amide bonds. The quantitative estimate of drug-likeness (QED) is 0.456. The van der Waals surface area contributed by atoms with Crippen molar-refractivity contribution in [1.82, 2.24) is 9.78 Å². The molecule has 0 radical (unpaired) electrons. The van der Waals surface area contributed by atoms with E-state index in [0.717, 1.165) is 33.6 Å². The molecule has 6 nitrogen and oxygen atoms in total. The summed E-state index contributed by atoms with van der Waals surface area (Å²) in [7, 11) is 3.26. The van der Waals surface area contributed by atoms with Crippen LogP contribution in [0, 0.1) is 6.92 Å². The second kappa shape index (κ2) is 8.47. The number of nitrogens with zero attached hydrogens (tertiary/aromatic N) is 2. The third-order valence-corrected chi connectivity index (χ3v) is 6.06. The van der Waals surface area contributed by atoms with Gasteiger partial charge in [0.15, 0.2) is 0 Å². The minimum Gasteiger partial charge on any atom is -0.497 e. The molecule has 166 valence electrons. The third-order valence-electron chi connectivity index (χ3n) is 6.06. The second-order valence-corrected chi connectivity index (χ2v) is 8.14. The number of methoxy groups -OCH3 is 2. The van der Waals surface area contributed by atoms with Crippen LogP contribution in [0.15, 0.2) is 72.8 Å². The number of hydrogen-bond acceptors (Lipinski definition) is 4. The summed E-state index contributed by atoms with van der Waals surface area (Å²) in [5.74, 6) is 1.80. The first-order chi connectivity index (χ1) is 16.1. The van der Waals surface area contributed by atoms with E-state index in [1.165, 1.54) is 0 Å². The lowest BCUT2D eigenvalue weighted by Gasteiger charge is -2.26. The molecular weight excluding hydrogens is 414 g/mol. The van der Waals surface area contributed by atoms with Gasteiger partial charge in [-0.1, -0.05) is 54.1 Å². The molecule has 1 aliphatic heterocycles. The van der Waals surface area contributed by atoms with Gasteiger partial charge in [-0.25, -0.2) is 4.68 Å². The van der Waals surface area contributed by atoms with E-state index in [1.54, 1.807) is 14.2 Å². The van der Waals surface area contributed by atoms with Gasteiger partial charge >= 0.3 is 0 Å². The van der Waals surface area contributed by atoms with E-state index in [-0.39, 0.29) is 11.8 Å². The summed E-state index contributed by atoms with van der Waals surface area (Å²) in [6.45, 7) is 2.05.